The van der Waals surface area contributed by atoms with Crippen molar-refractivity contribution in [1.82, 2.24) is 15.2 Å². The molecule has 2 aromatic rings. The van der Waals surface area contributed by atoms with Crippen molar-refractivity contribution in [3.63, 3.8) is 0 Å². The number of pyridine rings is 1. The van der Waals surface area contributed by atoms with Crippen molar-refractivity contribution < 1.29 is 9.53 Å². The third kappa shape index (κ3) is 5.92. The van der Waals surface area contributed by atoms with E-state index in [-0.39, 0.29) is 12.1 Å². The molecule has 1 aromatic carbocycles. The maximum absolute atomic E-state index is 12.8. The van der Waals surface area contributed by atoms with Gasteiger partial charge in [-0.05, 0) is 49.4 Å². The summed E-state index contributed by atoms with van der Waals surface area (Å²) in [6.07, 6.45) is 8.11. The second kappa shape index (κ2) is 10.0. The van der Waals surface area contributed by atoms with Crippen molar-refractivity contribution in [2.24, 2.45) is 0 Å². The van der Waals surface area contributed by atoms with E-state index in [4.69, 9.17) is 4.74 Å². The molecule has 1 unspecified atom stereocenters. The highest BCUT2D eigenvalue weighted by atomic mass is 16.5. The Balaban J connectivity index is 1.61. The molecule has 1 fully saturated rings. The fourth-order valence-corrected chi connectivity index (χ4v) is 3.35. The standard InChI is InChI=1S/C23H29N3O2/c1-18-14-19(2)24-15-21(18)16-25-23(27)26(17-22-11-7-13-28-22)12-6-10-20-8-4-3-5-9-20/h3-6,8-10,14-15,22H,7,11-13,16-17H2,1-2H3,(H,25,27)/b10-6+. The summed E-state index contributed by atoms with van der Waals surface area (Å²) < 4.78 is 5.74. The van der Waals surface area contributed by atoms with Crippen LogP contribution in [0.4, 0.5) is 4.79 Å². The smallest absolute Gasteiger partial charge is 0.318 e. The molecule has 0 spiro atoms. The minimum Gasteiger partial charge on any atom is -0.376 e. The molecule has 0 radical (unpaired) electrons. The normalized spacial score (nSPS) is 16.4. The number of benzene rings is 1. The first-order valence-electron chi connectivity index (χ1n) is 9.90. The Morgan fingerprint density at radius 1 is 1.32 bits per heavy atom. The lowest BCUT2D eigenvalue weighted by Gasteiger charge is -2.25. The van der Waals surface area contributed by atoms with Gasteiger partial charge in [0.15, 0.2) is 0 Å². The number of rotatable bonds is 7. The Bertz CT molecular complexity index is 799. The largest absolute Gasteiger partial charge is 0.376 e. The van der Waals surface area contributed by atoms with Crippen LogP contribution in [0.5, 0.6) is 0 Å². The summed E-state index contributed by atoms with van der Waals surface area (Å²) in [6, 6.07) is 12.1. The number of aryl methyl sites for hydroxylation is 2. The maximum Gasteiger partial charge on any atom is 0.318 e. The number of hydrogen-bond donors (Lipinski definition) is 1. The van der Waals surface area contributed by atoms with Gasteiger partial charge >= 0.3 is 6.03 Å². The van der Waals surface area contributed by atoms with Gasteiger partial charge < -0.3 is 15.0 Å². The van der Waals surface area contributed by atoms with E-state index in [0.717, 1.165) is 41.8 Å². The number of carbonyl (C=O) groups is 1. The fourth-order valence-electron chi connectivity index (χ4n) is 3.35. The first-order valence-corrected chi connectivity index (χ1v) is 9.90. The van der Waals surface area contributed by atoms with E-state index >= 15 is 0 Å². The van der Waals surface area contributed by atoms with Crippen LogP contribution in [-0.2, 0) is 11.3 Å². The van der Waals surface area contributed by atoms with Crippen LogP contribution in [-0.4, -0.2) is 41.7 Å². The highest BCUT2D eigenvalue weighted by Gasteiger charge is 2.22. The lowest BCUT2D eigenvalue weighted by molar-refractivity contribution is 0.0841. The van der Waals surface area contributed by atoms with Gasteiger partial charge in [-0.2, -0.15) is 0 Å². The van der Waals surface area contributed by atoms with Crippen LogP contribution in [0.1, 0.15) is 35.2 Å². The van der Waals surface area contributed by atoms with Crippen LogP contribution >= 0.6 is 0 Å². The highest BCUT2D eigenvalue weighted by Crippen LogP contribution is 2.14. The molecule has 1 N–H and O–H groups in total. The summed E-state index contributed by atoms with van der Waals surface area (Å²) in [5, 5.41) is 3.04. The van der Waals surface area contributed by atoms with E-state index in [2.05, 4.69) is 10.3 Å². The van der Waals surface area contributed by atoms with Crippen molar-refractivity contribution in [2.45, 2.75) is 39.3 Å². The molecular formula is C23H29N3O2. The number of hydrogen-bond acceptors (Lipinski definition) is 3. The molecular weight excluding hydrogens is 350 g/mol. The van der Waals surface area contributed by atoms with Gasteiger partial charge in [0.2, 0.25) is 0 Å². The lowest BCUT2D eigenvalue weighted by atomic mass is 10.1. The maximum atomic E-state index is 12.8. The van der Waals surface area contributed by atoms with E-state index < -0.39 is 0 Å². The van der Waals surface area contributed by atoms with E-state index in [9.17, 15) is 4.79 Å². The van der Waals surface area contributed by atoms with E-state index in [0.29, 0.717) is 19.6 Å². The van der Waals surface area contributed by atoms with Gasteiger partial charge in [-0.25, -0.2) is 4.79 Å². The van der Waals surface area contributed by atoms with Crippen molar-refractivity contribution in [3.8, 4) is 0 Å². The molecule has 1 aliphatic heterocycles. The second-order valence-corrected chi connectivity index (χ2v) is 7.26. The first kappa shape index (κ1) is 20.1. The Kier molecular flexibility index (Phi) is 7.20. The van der Waals surface area contributed by atoms with Crippen LogP contribution in [0.25, 0.3) is 6.08 Å². The Morgan fingerprint density at radius 2 is 2.14 bits per heavy atom. The number of urea groups is 1. The fraction of sp³-hybridized carbons (Fsp3) is 0.391. The quantitative estimate of drug-likeness (QED) is 0.788. The molecule has 2 heterocycles. The van der Waals surface area contributed by atoms with Crippen molar-refractivity contribution in [2.75, 3.05) is 19.7 Å². The number of amides is 2. The minimum atomic E-state index is -0.0758. The minimum absolute atomic E-state index is 0.0758. The molecule has 2 amide bonds. The molecule has 148 valence electrons. The van der Waals surface area contributed by atoms with Gasteiger partial charge in [0.1, 0.15) is 0 Å². The van der Waals surface area contributed by atoms with E-state index in [1.54, 1.807) is 0 Å². The van der Waals surface area contributed by atoms with Crippen molar-refractivity contribution in [3.05, 3.63) is 71.1 Å². The summed E-state index contributed by atoms with van der Waals surface area (Å²) in [4.78, 5) is 19.0. The molecule has 3 rings (SSSR count). The summed E-state index contributed by atoms with van der Waals surface area (Å²) >= 11 is 0. The van der Waals surface area contributed by atoms with Gasteiger partial charge in [-0.3, -0.25) is 4.98 Å². The highest BCUT2D eigenvalue weighted by molar-refractivity contribution is 5.74. The van der Waals surface area contributed by atoms with Gasteiger partial charge in [0.25, 0.3) is 0 Å². The van der Waals surface area contributed by atoms with Crippen LogP contribution < -0.4 is 5.32 Å². The SMILES string of the molecule is Cc1cc(C)c(CNC(=O)N(C/C=C/c2ccccc2)CC2CCCO2)cn1. The van der Waals surface area contributed by atoms with Crippen molar-refractivity contribution in [1.29, 1.82) is 0 Å². The Labute approximate surface area is 167 Å². The molecule has 1 atom stereocenters. The number of carbonyl (C=O) groups excluding carboxylic acids is 1. The zero-order chi connectivity index (χ0) is 19.8. The third-order valence-corrected chi connectivity index (χ3v) is 4.96. The van der Waals surface area contributed by atoms with Gasteiger partial charge in [0.05, 0.1) is 6.10 Å². The molecule has 28 heavy (non-hydrogen) atoms. The Morgan fingerprint density at radius 3 is 2.86 bits per heavy atom. The van der Waals surface area contributed by atoms with Crippen LogP contribution in [0.3, 0.4) is 0 Å². The predicted octanol–water partition coefficient (Wildman–Crippen LogP) is 4.10. The summed E-state index contributed by atoms with van der Waals surface area (Å²) in [7, 11) is 0. The Hall–Kier alpha value is -2.66. The number of nitrogens with one attached hydrogen (secondary N) is 1. The number of ether oxygens (including phenoxy) is 1. The third-order valence-electron chi connectivity index (χ3n) is 4.96. The van der Waals surface area contributed by atoms with Crippen LogP contribution in [0.15, 0.2) is 48.7 Å². The van der Waals surface area contributed by atoms with Gasteiger partial charge in [-0.15, -0.1) is 0 Å². The van der Waals surface area contributed by atoms with Crippen molar-refractivity contribution >= 4 is 12.1 Å². The summed E-state index contributed by atoms with van der Waals surface area (Å²) in [5.74, 6) is 0. The second-order valence-electron chi connectivity index (χ2n) is 7.26. The predicted molar refractivity (Wildman–Crippen MR) is 112 cm³/mol. The van der Waals surface area contributed by atoms with Gasteiger partial charge in [0, 0.05) is 38.1 Å². The molecule has 5 nitrogen and oxygen atoms in total. The van der Waals surface area contributed by atoms with Crippen LogP contribution in [0.2, 0.25) is 0 Å². The molecule has 5 heteroatoms. The molecule has 0 saturated carbocycles. The topological polar surface area (TPSA) is 54.5 Å². The monoisotopic (exact) mass is 379 g/mol. The molecule has 1 aliphatic rings. The number of aromatic nitrogens is 1. The summed E-state index contributed by atoms with van der Waals surface area (Å²) in [6.45, 7) is 6.43. The molecule has 0 aliphatic carbocycles. The zero-order valence-electron chi connectivity index (χ0n) is 16.7. The van der Waals surface area contributed by atoms with Crippen LogP contribution in [0, 0.1) is 13.8 Å². The lowest BCUT2D eigenvalue weighted by Crippen LogP contribution is -2.43. The molecule has 0 bridgehead atoms. The van der Waals surface area contributed by atoms with E-state index in [1.807, 2.05) is 73.5 Å². The average molecular weight is 380 g/mol. The van der Waals surface area contributed by atoms with Gasteiger partial charge in [-0.1, -0.05) is 42.5 Å². The molecule has 1 saturated heterocycles. The van der Waals surface area contributed by atoms with E-state index in [1.165, 1.54) is 0 Å². The summed E-state index contributed by atoms with van der Waals surface area (Å²) in [5.41, 5.74) is 4.29. The average Bonchev–Trinajstić information content (AvgIpc) is 3.20. The first-order chi connectivity index (χ1) is 13.6. The number of nitrogens with zero attached hydrogens (tertiary/aromatic N) is 2. The molecule has 1 aromatic heterocycles. The zero-order valence-corrected chi connectivity index (χ0v) is 16.7.